The SMILES string of the molecule is O=C(c1ccsc1)N1CCN(S(=O)(=O)c2c(Cl)cccc2Cl)CC1. The van der Waals surface area contributed by atoms with Crippen molar-refractivity contribution in [2.45, 2.75) is 4.90 Å². The molecule has 3 rings (SSSR count). The fraction of sp³-hybridized carbons (Fsp3) is 0.267. The maximum Gasteiger partial charge on any atom is 0.254 e. The Hall–Kier alpha value is -1.12. The van der Waals surface area contributed by atoms with Gasteiger partial charge >= 0.3 is 0 Å². The van der Waals surface area contributed by atoms with Crippen molar-refractivity contribution in [3.8, 4) is 0 Å². The molecule has 0 aliphatic carbocycles. The summed E-state index contributed by atoms with van der Waals surface area (Å²) in [5.41, 5.74) is 0.630. The van der Waals surface area contributed by atoms with E-state index >= 15 is 0 Å². The molecule has 0 atom stereocenters. The summed E-state index contributed by atoms with van der Waals surface area (Å²) in [6, 6.07) is 6.36. The minimum atomic E-state index is -3.79. The van der Waals surface area contributed by atoms with Crippen LogP contribution >= 0.6 is 34.5 Å². The van der Waals surface area contributed by atoms with Gasteiger partial charge in [0.25, 0.3) is 5.91 Å². The number of amides is 1. The Morgan fingerprint density at radius 3 is 2.21 bits per heavy atom. The maximum absolute atomic E-state index is 12.8. The highest BCUT2D eigenvalue weighted by Crippen LogP contribution is 2.32. The van der Waals surface area contributed by atoms with Crippen LogP contribution in [-0.2, 0) is 10.0 Å². The Bertz CT molecular complexity index is 825. The molecule has 1 aliphatic rings. The van der Waals surface area contributed by atoms with Gasteiger partial charge in [0.15, 0.2) is 0 Å². The summed E-state index contributed by atoms with van der Waals surface area (Å²) in [7, 11) is -3.79. The van der Waals surface area contributed by atoms with E-state index in [0.717, 1.165) is 0 Å². The number of halogens is 2. The third-order valence-corrected chi connectivity index (χ3v) is 7.35. The van der Waals surface area contributed by atoms with E-state index in [1.807, 2.05) is 5.38 Å². The molecule has 0 radical (unpaired) electrons. The number of carbonyl (C=O) groups is 1. The van der Waals surface area contributed by atoms with Gasteiger partial charge in [0, 0.05) is 31.6 Å². The fourth-order valence-electron chi connectivity index (χ4n) is 2.56. The van der Waals surface area contributed by atoms with Crippen LogP contribution in [0.3, 0.4) is 0 Å². The molecule has 2 heterocycles. The molecule has 128 valence electrons. The van der Waals surface area contributed by atoms with Gasteiger partial charge < -0.3 is 4.90 Å². The summed E-state index contributed by atoms with van der Waals surface area (Å²) in [4.78, 5) is 13.9. The topological polar surface area (TPSA) is 57.7 Å². The van der Waals surface area contributed by atoms with Crippen molar-refractivity contribution in [1.29, 1.82) is 0 Å². The summed E-state index contributed by atoms with van der Waals surface area (Å²) in [6.45, 7) is 1.07. The second kappa shape index (κ2) is 7.01. The summed E-state index contributed by atoms with van der Waals surface area (Å²) in [5, 5.41) is 3.82. The van der Waals surface area contributed by atoms with Gasteiger partial charge in [-0.05, 0) is 23.6 Å². The van der Waals surface area contributed by atoms with E-state index < -0.39 is 10.0 Å². The molecule has 0 saturated carbocycles. The van der Waals surface area contributed by atoms with E-state index in [4.69, 9.17) is 23.2 Å². The number of piperazine rings is 1. The van der Waals surface area contributed by atoms with Gasteiger partial charge in [0.2, 0.25) is 10.0 Å². The summed E-state index contributed by atoms with van der Waals surface area (Å²) >= 11 is 13.5. The van der Waals surface area contributed by atoms with Gasteiger partial charge in [-0.2, -0.15) is 15.6 Å². The number of hydrogen-bond donors (Lipinski definition) is 0. The number of hydrogen-bond acceptors (Lipinski definition) is 4. The van der Waals surface area contributed by atoms with Crippen molar-refractivity contribution in [3.63, 3.8) is 0 Å². The fourth-order valence-corrected chi connectivity index (χ4v) is 5.70. The van der Waals surface area contributed by atoms with Gasteiger partial charge in [0.1, 0.15) is 4.90 Å². The molecular formula is C15H14Cl2N2O3S2. The lowest BCUT2D eigenvalue weighted by molar-refractivity contribution is 0.0698. The smallest absolute Gasteiger partial charge is 0.254 e. The van der Waals surface area contributed by atoms with Crippen molar-refractivity contribution in [1.82, 2.24) is 9.21 Å². The molecule has 2 aromatic rings. The first kappa shape index (κ1) is 17.7. The second-order valence-electron chi connectivity index (χ2n) is 5.26. The minimum Gasteiger partial charge on any atom is -0.336 e. The van der Waals surface area contributed by atoms with Gasteiger partial charge in [-0.25, -0.2) is 8.42 Å². The Morgan fingerprint density at radius 1 is 1.04 bits per heavy atom. The largest absolute Gasteiger partial charge is 0.336 e. The van der Waals surface area contributed by atoms with Crippen LogP contribution in [0.2, 0.25) is 10.0 Å². The third kappa shape index (κ3) is 3.32. The second-order valence-corrected chi connectivity index (χ2v) is 8.73. The molecular weight excluding hydrogens is 391 g/mol. The molecule has 5 nitrogen and oxygen atoms in total. The quantitative estimate of drug-likeness (QED) is 0.788. The summed E-state index contributed by atoms with van der Waals surface area (Å²) in [6.07, 6.45) is 0. The minimum absolute atomic E-state index is 0.0778. The highest BCUT2D eigenvalue weighted by molar-refractivity contribution is 7.89. The number of benzene rings is 1. The first-order valence-corrected chi connectivity index (χ1v) is 10.3. The van der Waals surface area contributed by atoms with E-state index in [1.165, 1.54) is 27.8 Å². The maximum atomic E-state index is 12.8. The van der Waals surface area contributed by atoms with Gasteiger partial charge in [-0.1, -0.05) is 29.3 Å². The average Bonchev–Trinajstić information content (AvgIpc) is 3.08. The lowest BCUT2D eigenvalue weighted by Gasteiger charge is -2.34. The molecule has 1 aliphatic heterocycles. The number of rotatable bonds is 3. The lowest BCUT2D eigenvalue weighted by Crippen LogP contribution is -2.50. The Kier molecular flexibility index (Phi) is 5.17. The van der Waals surface area contributed by atoms with Crippen molar-refractivity contribution < 1.29 is 13.2 Å². The van der Waals surface area contributed by atoms with Crippen LogP contribution < -0.4 is 0 Å². The summed E-state index contributed by atoms with van der Waals surface area (Å²) < 4.78 is 26.9. The number of carbonyl (C=O) groups excluding carboxylic acids is 1. The Balaban J connectivity index is 1.76. The zero-order valence-electron chi connectivity index (χ0n) is 12.5. The summed E-state index contributed by atoms with van der Waals surface area (Å²) in [5.74, 6) is -0.0796. The van der Waals surface area contributed by atoms with Crippen LogP contribution in [-0.4, -0.2) is 49.7 Å². The van der Waals surface area contributed by atoms with Crippen LogP contribution in [0.1, 0.15) is 10.4 Å². The van der Waals surface area contributed by atoms with E-state index in [1.54, 1.807) is 22.4 Å². The zero-order chi connectivity index (χ0) is 17.3. The number of sulfonamides is 1. The molecule has 1 fully saturated rings. The molecule has 24 heavy (non-hydrogen) atoms. The Labute approximate surface area is 154 Å². The molecule has 0 N–H and O–H groups in total. The first-order chi connectivity index (χ1) is 11.4. The van der Waals surface area contributed by atoms with Gasteiger partial charge in [-0.3, -0.25) is 4.79 Å². The van der Waals surface area contributed by atoms with Gasteiger partial charge in [0.05, 0.1) is 15.6 Å². The van der Waals surface area contributed by atoms with E-state index in [9.17, 15) is 13.2 Å². The van der Waals surface area contributed by atoms with E-state index in [2.05, 4.69) is 0 Å². The molecule has 1 saturated heterocycles. The third-order valence-electron chi connectivity index (χ3n) is 3.81. The van der Waals surface area contributed by atoms with E-state index in [-0.39, 0.29) is 33.9 Å². The van der Waals surface area contributed by atoms with Crippen molar-refractivity contribution in [2.75, 3.05) is 26.2 Å². The molecule has 1 aromatic heterocycles. The molecule has 0 spiro atoms. The van der Waals surface area contributed by atoms with Crippen molar-refractivity contribution in [3.05, 3.63) is 50.6 Å². The monoisotopic (exact) mass is 404 g/mol. The highest BCUT2D eigenvalue weighted by atomic mass is 35.5. The lowest BCUT2D eigenvalue weighted by atomic mass is 10.2. The first-order valence-electron chi connectivity index (χ1n) is 7.17. The van der Waals surface area contributed by atoms with E-state index in [0.29, 0.717) is 18.7 Å². The molecule has 0 bridgehead atoms. The predicted octanol–water partition coefficient (Wildman–Crippen LogP) is 3.20. The van der Waals surface area contributed by atoms with Gasteiger partial charge in [-0.15, -0.1) is 0 Å². The number of thiophene rings is 1. The predicted molar refractivity (Wildman–Crippen MR) is 95.4 cm³/mol. The van der Waals surface area contributed by atoms with Crippen LogP contribution in [0.15, 0.2) is 39.9 Å². The van der Waals surface area contributed by atoms with Crippen molar-refractivity contribution in [2.24, 2.45) is 0 Å². The molecule has 9 heteroatoms. The molecule has 1 aromatic carbocycles. The molecule has 1 amide bonds. The number of nitrogens with zero attached hydrogens (tertiary/aromatic N) is 2. The standard InChI is InChI=1S/C15H14Cl2N2O3S2/c16-12-2-1-3-13(17)14(12)24(21,22)19-7-5-18(6-8-19)15(20)11-4-9-23-10-11/h1-4,9-10H,5-8H2. The van der Waals surface area contributed by atoms with Crippen LogP contribution in [0.5, 0.6) is 0 Å². The Morgan fingerprint density at radius 2 is 1.67 bits per heavy atom. The molecule has 0 unspecified atom stereocenters. The average molecular weight is 405 g/mol. The van der Waals surface area contributed by atoms with Crippen molar-refractivity contribution >= 4 is 50.5 Å². The van der Waals surface area contributed by atoms with Crippen LogP contribution in [0, 0.1) is 0 Å². The highest BCUT2D eigenvalue weighted by Gasteiger charge is 2.33. The van der Waals surface area contributed by atoms with Crippen LogP contribution in [0.25, 0.3) is 0 Å². The zero-order valence-corrected chi connectivity index (χ0v) is 15.6. The normalized spacial score (nSPS) is 16.3. The van der Waals surface area contributed by atoms with Crippen LogP contribution in [0.4, 0.5) is 0 Å².